The zero-order valence-corrected chi connectivity index (χ0v) is 11.5. The number of nitrogens with one attached hydrogen (secondary N) is 2. The maximum Gasteiger partial charge on any atom is 0.251 e. The van der Waals surface area contributed by atoms with E-state index in [1.54, 1.807) is 31.4 Å². The van der Waals surface area contributed by atoms with E-state index in [9.17, 15) is 9.59 Å². The van der Waals surface area contributed by atoms with Gasteiger partial charge in [0.05, 0.1) is 13.2 Å². The van der Waals surface area contributed by atoms with Gasteiger partial charge < -0.3 is 21.1 Å². The molecule has 0 radical (unpaired) electrons. The van der Waals surface area contributed by atoms with Gasteiger partial charge in [-0.25, -0.2) is 0 Å². The largest absolute Gasteiger partial charge is 0.399 e. The first-order valence-electron chi connectivity index (χ1n) is 5.53. The van der Waals surface area contributed by atoms with E-state index >= 15 is 0 Å². The molecule has 2 amide bonds. The van der Waals surface area contributed by atoms with E-state index in [0.717, 1.165) is 0 Å². The first kappa shape index (κ1) is 17.2. The smallest absolute Gasteiger partial charge is 0.251 e. The Morgan fingerprint density at radius 2 is 2.05 bits per heavy atom. The lowest BCUT2D eigenvalue weighted by Gasteiger charge is -2.06. The molecule has 7 heteroatoms. The highest BCUT2D eigenvalue weighted by atomic mass is 35.5. The number of anilines is 1. The van der Waals surface area contributed by atoms with Crippen LogP contribution in [0.15, 0.2) is 24.3 Å². The van der Waals surface area contributed by atoms with Gasteiger partial charge in [-0.2, -0.15) is 0 Å². The first-order chi connectivity index (χ1) is 8.63. The average Bonchev–Trinajstić information content (AvgIpc) is 2.36. The summed E-state index contributed by atoms with van der Waals surface area (Å²) in [6.45, 7) is 0.787. The standard InChI is InChI=1S/C12H17N3O3.ClH/c1-18-6-5-14-11(16)8-15-12(17)9-3-2-4-10(13)7-9;/h2-4,7H,5-6,8,13H2,1H3,(H,14,16)(H,15,17);1H. The van der Waals surface area contributed by atoms with Crippen molar-refractivity contribution in [1.82, 2.24) is 10.6 Å². The van der Waals surface area contributed by atoms with Gasteiger partial charge in [0.2, 0.25) is 5.91 Å². The van der Waals surface area contributed by atoms with Gasteiger partial charge in [0.15, 0.2) is 0 Å². The summed E-state index contributed by atoms with van der Waals surface area (Å²) in [7, 11) is 1.55. The number of ether oxygens (including phenoxy) is 1. The number of nitrogens with two attached hydrogens (primary N) is 1. The van der Waals surface area contributed by atoms with Gasteiger partial charge in [-0.05, 0) is 18.2 Å². The third-order valence-electron chi connectivity index (χ3n) is 2.19. The Morgan fingerprint density at radius 1 is 1.32 bits per heavy atom. The highest BCUT2D eigenvalue weighted by molar-refractivity contribution is 5.97. The summed E-state index contributed by atoms with van der Waals surface area (Å²) >= 11 is 0. The van der Waals surface area contributed by atoms with Crippen molar-refractivity contribution in [2.75, 3.05) is 32.5 Å². The van der Waals surface area contributed by atoms with E-state index in [-0.39, 0.29) is 30.8 Å². The fourth-order valence-corrected chi connectivity index (χ4v) is 1.30. The number of methoxy groups -OCH3 is 1. The molecule has 6 nitrogen and oxygen atoms in total. The molecule has 0 aromatic heterocycles. The van der Waals surface area contributed by atoms with E-state index < -0.39 is 0 Å². The first-order valence-corrected chi connectivity index (χ1v) is 5.53. The molecule has 1 rings (SSSR count). The van der Waals surface area contributed by atoms with E-state index in [2.05, 4.69) is 10.6 Å². The van der Waals surface area contributed by atoms with Gasteiger partial charge in [0.1, 0.15) is 0 Å². The molecule has 0 aliphatic rings. The van der Waals surface area contributed by atoms with Gasteiger partial charge in [0, 0.05) is 24.9 Å². The number of halogens is 1. The minimum atomic E-state index is -0.329. The molecule has 106 valence electrons. The van der Waals surface area contributed by atoms with Crippen molar-refractivity contribution >= 4 is 29.9 Å². The number of amides is 2. The highest BCUT2D eigenvalue weighted by Crippen LogP contribution is 2.05. The summed E-state index contributed by atoms with van der Waals surface area (Å²) in [6, 6.07) is 6.56. The van der Waals surface area contributed by atoms with Crippen LogP contribution in [0.4, 0.5) is 5.69 Å². The van der Waals surface area contributed by atoms with Crippen molar-refractivity contribution in [3.05, 3.63) is 29.8 Å². The SMILES string of the molecule is COCCNC(=O)CNC(=O)c1cccc(N)c1.Cl. The monoisotopic (exact) mass is 287 g/mol. The molecule has 0 unspecified atom stereocenters. The zero-order valence-electron chi connectivity index (χ0n) is 10.6. The lowest BCUT2D eigenvalue weighted by molar-refractivity contribution is -0.120. The van der Waals surface area contributed by atoms with Crippen LogP contribution in [0.3, 0.4) is 0 Å². The van der Waals surface area contributed by atoms with Crippen molar-refractivity contribution < 1.29 is 14.3 Å². The van der Waals surface area contributed by atoms with E-state index in [1.807, 2.05) is 0 Å². The van der Waals surface area contributed by atoms with Crippen molar-refractivity contribution in [3.8, 4) is 0 Å². The summed E-state index contributed by atoms with van der Waals surface area (Å²) in [5.41, 5.74) is 6.50. The molecule has 0 aliphatic heterocycles. The minimum absolute atomic E-state index is 0. The number of rotatable bonds is 6. The van der Waals surface area contributed by atoms with Gasteiger partial charge in [-0.1, -0.05) is 6.07 Å². The van der Waals surface area contributed by atoms with Gasteiger partial charge in [0.25, 0.3) is 5.91 Å². The number of hydrogen-bond donors (Lipinski definition) is 3. The van der Waals surface area contributed by atoms with Crippen LogP contribution in [0.2, 0.25) is 0 Å². The lowest BCUT2D eigenvalue weighted by atomic mass is 10.2. The number of benzene rings is 1. The molecule has 0 bridgehead atoms. The maximum atomic E-state index is 11.7. The molecule has 4 N–H and O–H groups in total. The molecule has 0 saturated heterocycles. The van der Waals surface area contributed by atoms with Crippen molar-refractivity contribution in [2.45, 2.75) is 0 Å². The van der Waals surface area contributed by atoms with Crippen molar-refractivity contribution in [1.29, 1.82) is 0 Å². The van der Waals surface area contributed by atoms with Crippen LogP contribution in [-0.2, 0) is 9.53 Å². The van der Waals surface area contributed by atoms with Gasteiger partial charge >= 0.3 is 0 Å². The molecule has 0 aliphatic carbocycles. The van der Waals surface area contributed by atoms with E-state index in [0.29, 0.717) is 24.4 Å². The van der Waals surface area contributed by atoms with Gasteiger partial charge in [-0.15, -0.1) is 12.4 Å². The third-order valence-corrected chi connectivity index (χ3v) is 2.19. The number of nitrogen functional groups attached to an aromatic ring is 1. The van der Waals surface area contributed by atoms with Crippen molar-refractivity contribution in [3.63, 3.8) is 0 Å². The fraction of sp³-hybridized carbons (Fsp3) is 0.333. The summed E-state index contributed by atoms with van der Waals surface area (Å²) < 4.78 is 4.78. The highest BCUT2D eigenvalue weighted by Gasteiger charge is 2.07. The van der Waals surface area contributed by atoms with Crippen LogP contribution in [0.1, 0.15) is 10.4 Å². The average molecular weight is 288 g/mol. The van der Waals surface area contributed by atoms with Crippen LogP contribution < -0.4 is 16.4 Å². The Bertz CT molecular complexity index is 426. The number of carbonyl (C=O) groups is 2. The Labute approximate surface area is 118 Å². The topological polar surface area (TPSA) is 93.5 Å². The summed E-state index contributed by atoms with van der Waals surface area (Å²) in [5, 5.41) is 5.10. The molecule has 0 spiro atoms. The molecular weight excluding hydrogens is 270 g/mol. The normalized spacial score (nSPS) is 9.32. The zero-order chi connectivity index (χ0) is 13.4. The Morgan fingerprint density at radius 3 is 2.68 bits per heavy atom. The summed E-state index contributed by atoms with van der Waals surface area (Å²) in [6.07, 6.45) is 0. The molecule has 19 heavy (non-hydrogen) atoms. The van der Waals surface area contributed by atoms with Crippen LogP contribution in [0.25, 0.3) is 0 Å². The van der Waals surface area contributed by atoms with Gasteiger partial charge in [-0.3, -0.25) is 9.59 Å². The second-order valence-electron chi connectivity index (χ2n) is 3.65. The third kappa shape index (κ3) is 6.64. The van der Waals surface area contributed by atoms with Crippen LogP contribution in [-0.4, -0.2) is 38.6 Å². The molecular formula is C12H18ClN3O3. The second-order valence-corrected chi connectivity index (χ2v) is 3.65. The predicted octanol–water partition coefficient (Wildman–Crippen LogP) is 0.183. The molecule has 0 fully saturated rings. The van der Waals surface area contributed by atoms with E-state index in [4.69, 9.17) is 10.5 Å². The molecule has 1 aromatic carbocycles. The number of hydrogen-bond acceptors (Lipinski definition) is 4. The van der Waals surface area contributed by atoms with Crippen LogP contribution in [0, 0.1) is 0 Å². The Kier molecular flexibility index (Phi) is 8.32. The summed E-state index contributed by atoms with van der Waals surface area (Å²) in [4.78, 5) is 23.0. The number of carbonyl (C=O) groups excluding carboxylic acids is 2. The quantitative estimate of drug-likeness (QED) is 0.514. The molecule has 0 atom stereocenters. The molecule has 1 aromatic rings. The molecule has 0 heterocycles. The second kappa shape index (κ2) is 9.18. The fourth-order valence-electron chi connectivity index (χ4n) is 1.30. The maximum absolute atomic E-state index is 11.7. The lowest BCUT2D eigenvalue weighted by Crippen LogP contribution is -2.38. The molecule has 0 saturated carbocycles. The summed E-state index contributed by atoms with van der Waals surface area (Å²) in [5.74, 6) is -0.589. The minimum Gasteiger partial charge on any atom is -0.399 e. The Balaban J connectivity index is 0.00000324. The van der Waals surface area contributed by atoms with Crippen LogP contribution >= 0.6 is 12.4 Å². The van der Waals surface area contributed by atoms with E-state index in [1.165, 1.54) is 0 Å². The Hall–Kier alpha value is -1.79. The van der Waals surface area contributed by atoms with Crippen LogP contribution in [0.5, 0.6) is 0 Å². The van der Waals surface area contributed by atoms with Crippen molar-refractivity contribution in [2.24, 2.45) is 0 Å². The predicted molar refractivity (Wildman–Crippen MR) is 75.3 cm³/mol.